The number of ether oxygens (including phenoxy) is 1. The lowest BCUT2D eigenvalue weighted by Crippen LogP contribution is -2.22. The van der Waals surface area contributed by atoms with E-state index in [4.69, 9.17) is 21.3 Å². The Labute approximate surface area is 201 Å². The minimum atomic E-state index is -0.235. The number of para-hydroxylation sites is 2. The summed E-state index contributed by atoms with van der Waals surface area (Å²) in [5, 5.41) is 3.29. The normalized spacial score (nSPS) is 11.4. The quantitative estimate of drug-likeness (QED) is 0.259. The van der Waals surface area contributed by atoms with Crippen molar-refractivity contribution < 1.29 is 4.74 Å². The van der Waals surface area contributed by atoms with Gasteiger partial charge in [-0.3, -0.25) is 18.6 Å². The van der Waals surface area contributed by atoms with Crippen LogP contribution >= 0.6 is 34.7 Å². The fraction of sp³-hybridized carbons (Fsp3) is 0.130. The molecule has 0 N–H and O–H groups in total. The monoisotopic (exact) mass is 496 g/mol. The van der Waals surface area contributed by atoms with Crippen LogP contribution < -0.4 is 15.9 Å². The SMILES string of the molecule is COc1ccccc1-n1c(SCc2cc(=O)n3c(C)csc3n2)nc2cc(Cl)ccc2c1=O. The van der Waals surface area contributed by atoms with Gasteiger partial charge in [0.2, 0.25) is 0 Å². The number of methoxy groups -OCH3 is 1. The smallest absolute Gasteiger partial charge is 0.266 e. The van der Waals surface area contributed by atoms with E-state index in [9.17, 15) is 9.59 Å². The largest absolute Gasteiger partial charge is 0.495 e. The van der Waals surface area contributed by atoms with Crippen LogP contribution in [0.2, 0.25) is 5.02 Å². The molecular formula is C23H17ClN4O3S2. The summed E-state index contributed by atoms with van der Waals surface area (Å²) in [6, 6.07) is 13.8. The molecule has 3 heterocycles. The number of aryl methyl sites for hydroxylation is 1. The Kier molecular flexibility index (Phi) is 5.69. The third kappa shape index (κ3) is 3.92. The Morgan fingerprint density at radius 3 is 2.76 bits per heavy atom. The van der Waals surface area contributed by atoms with Crippen molar-refractivity contribution in [3.63, 3.8) is 0 Å². The summed E-state index contributed by atoms with van der Waals surface area (Å²) in [6.07, 6.45) is 0. The van der Waals surface area contributed by atoms with Gasteiger partial charge in [-0.1, -0.05) is 35.5 Å². The minimum Gasteiger partial charge on any atom is -0.495 e. The van der Waals surface area contributed by atoms with E-state index in [1.807, 2.05) is 24.4 Å². The van der Waals surface area contributed by atoms with E-state index in [0.717, 1.165) is 5.69 Å². The molecule has 0 radical (unpaired) electrons. The van der Waals surface area contributed by atoms with E-state index >= 15 is 0 Å². The first-order valence-corrected chi connectivity index (χ1v) is 12.2. The number of nitrogens with zero attached hydrogens (tertiary/aromatic N) is 4. The molecule has 5 rings (SSSR count). The molecule has 0 spiro atoms. The molecule has 0 bridgehead atoms. The fourth-order valence-corrected chi connectivity index (χ4v) is 5.53. The molecule has 10 heteroatoms. The fourth-order valence-electron chi connectivity index (χ4n) is 3.58. The highest BCUT2D eigenvalue weighted by Gasteiger charge is 2.17. The molecule has 0 saturated carbocycles. The highest BCUT2D eigenvalue weighted by Crippen LogP contribution is 2.29. The predicted molar refractivity (Wildman–Crippen MR) is 133 cm³/mol. The van der Waals surface area contributed by atoms with Gasteiger partial charge in [-0.2, -0.15) is 0 Å². The highest BCUT2D eigenvalue weighted by molar-refractivity contribution is 7.98. The van der Waals surface area contributed by atoms with Crippen LogP contribution in [-0.2, 0) is 5.75 Å². The number of thioether (sulfide) groups is 1. The van der Waals surface area contributed by atoms with Gasteiger partial charge >= 0.3 is 0 Å². The molecule has 0 aliphatic rings. The molecule has 0 aliphatic carbocycles. The second-order valence-corrected chi connectivity index (χ2v) is 9.45. The first-order valence-electron chi connectivity index (χ1n) is 9.91. The zero-order valence-electron chi connectivity index (χ0n) is 17.6. The van der Waals surface area contributed by atoms with Gasteiger partial charge in [0.1, 0.15) is 5.75 Å². The van der Waals surface area contributed by atoms with Gasteiger partial charge in [-0.15, -0.1) is 11.3 Å². The van der Waals surface area contributed by atoms with E-state index < -0.39 is 0 Å². The average molecular weight is 497 g/mol. The number of benzene rings is 2. The summed E-state index contributed by atoms with van der Waals surface area (Å²) in [4.78, 5) is 36.0. The number of hydrogen-bond acceptors (Lipinski definition) is 7. The van der Waals surface area contributed by atoms with E-state index in [0.29, 0.717) is 48.9 Å². The van der Waals surface area contributed by atoms with Gasteiger partial charge in [0.05, 0.1) is 29.4 Å². The van der Waals surface area contributed by atoms with Gasteiger partial charge in [0.15, 0.2) is 10.1 Å². The molecule has 0 atom stereocenters. The first-order chi connectivity index (χ1) is 16.0. The number of aromatic nitrogens is 4. The lowest BCUT2D eigenvalue weighted by Gasteiger charge is -2.15. The number of thiazole rings is 1. The van der Waals surface area contributed by atoms with Crippen LogP contribution in [-0.4, -0.2) is 26.0 Å². The van der Waals surface area contributed by atoms with E-state index in [1.165, 1.54) is 33.7 Å². The molecule has 5 aromatic rings. The standard InChI is InChI=1S/C23H17ClN4O3S2/c1-13-11-32-22-25-15(10-20(29)27(13)22)12-33-23-26-17-9-14(24)7-8-16(17)21(30)28(23)18-5-3-4-6-19(18)31-2/h3-11H,12H2,1-2H3. The molecule has 33 heavy (non-hydrogen) atoms. The summed E-state index contributed by atoms with van der Waals surface area (Å²) in [7, 11) is 1.56. The number of hydrogen-bond donors (Lipinski definition) is 0. The van der Waals surface area contributed by atoms with Gasteiger partial charge in [0, 0.05) is 27.9 Å². The van der Waals surface area contributed by atoms with Crippen molar-refractivity contribution in [2.24, 2.45) is 0 Å². The molecular weight excluding hydrogens is 480 g/mol. The molecule has 7 nitrogen and oxygen atoms in total. The van der Waals surface area contributed by atoms with Crippen molar-refractivity contribution in [2.45, 2.75) is 17.8 Å². The Morgan fingerprint density at radius 1 is 1.12 bits per heavy atom. The topological polar surface area (TPSA) is 78.5 Å². The van der Waals surface area contributed by atoms with Crippen LogP contribution in [0.4, 0.5) is 0 Å². The number of halogens is 1. The first kappa shape index (κ1) is 21.7. The Bertz CT molecular complexity index is 1640. The maximum Gasteiger partial charge on any atom is 0.266 e. The molecule has 0 amide bonds. The van der Waals surface area contributed by atoms with Gasteiger partial charge in [-0.05, 0) is 37.3 Å². The van der Waals surface area contributed by atoms with E-state index in [1.54, 1.807) is 41.8 Å². The Balaban J connectivity index is 1.65. The number of rotatable bonds is 5. The molecule has 3 aromatic heterocycles. The third-order valence-electron chi connectivity index (χ3n) is 5.10. The van der Waals surface area contributed by atoms with E-state index in [2.05, 4.69) is 4.98 Å². The minimum absolute atomic E-state index is 0.130. The van der Waals surface area contributed by atoms with Crippen LogP contribution in [0.1, 0.15) is 11.4 Å². The second kappa shape index (κ2) is 8.66. The van der Waals surface area contributed by atoms with Crippen molar-refractivity contribution in [3.05, 3.63) is 91.0 Å². The van der Waals surface area contributed by atoms with Gasteiger partial charge in [0.25, 0.3) is 11.1 Å². The van der Waals surface area contributed by atoms with Crippen molar-refractivity contribution in [3.8, 4) is 11.4 Å². The predicted octanol–water partition coefficient (Wildman–Crippen LogP) is 4.72. The lowest BCUT2D eigenvalue weighted by atomic mass is 10.2. The maximum absolute atomic E-state index is 13.5. The zero-order valence-corrected chi connectivity index (χ0v) is 20.0. The maximum atomic E-state index is 13.5. The van der Waals surface area contributed by atoms with Crippen LogP contribution in [0.5, 0.6) is 5.75 Å². The zero-order chi connectivity index (χ0) is 23.1. The third-order valence-corrected chi connectivity index (χ3v) is 7.26. The molecule has 0 unspecified atom stereocenters. The van der Waals surface area contributed by atoms with Crippen LogP contribution in [0.3, 0.4) is 0 Å². The second-order valence-electron chi connectivity index (χ2n) is 7.24. The van der Waals surface area contributed by atoms with Crippen LogP contribution in [0.25, 0.3) is 21.6 Å². The highest BCUT2D eigenvalue weighted by atomic mass is 35.5. The summed E-state index contributed by atoms with van der Waals surface area (Å²) in [5.74, 6) is 0.902. The van der Waals surface area contributed by atoms with Crippen molar-refractivity contribution in [1.29, 1.82) is 0 Å². The van der Waals surface area contributed by atoms with Crippen LogP contribution in [0.15, 0.2) is 68.7 Å². The van der Waals surface area contributed by atoms with Gasteiger partial charge < -0.3 is 4.74 Å². The van der Waals surface area contributed by atoms with Gasteiger partial charge in [-0.25, -0.2) is 9.97 Å². The number of fused-ring (bicyclic) bond motifs is 2. The van der Waals surface area contributed by atoms with Crippen molar-refractivity contribution in [2.75, 3.05) is 7.11 Å². The molecule has 0 saturated heterocycles. The van der Waals surface area contributed by atoms with Crippen molar-refractivity contribution in [1.82, 2.24) is 18.9 Å². The average Bonchev–Trinajstić information content (AvgIpc) is 3.18. The Hall–Kier alpha value is -3.14. The summed E-state index contributed by atoms with van der Waals surface area (Å²) < 4.78 is 8.61. The molecule has 166 valence electrons. The Morgan fingerprint density at radius 2 is 1.94 bits per heavy atom. The summed E-state index contributed by atoms with van der Waals surface area (Å²) in [6.45, 7) is 1.87. The lowest BCUT2D eigenvalue weighted by molar-refractivity contribution is 0.411. The molecule has 0 aliphatic heterocycles. The molecule has 2 aromatic carbocycles. The summed E-state index contributed by atoms with van der Waals surface area (Å²) >= 11 is 8.89. The van der Waals surface area contributed by atoms with Crippen molar-refractivity contribution >= 4 is 50.6 Å². The van der Waals surface area contributed by atoms with Crippen LogP contribution in [0, 0.1) is 6.92 Å². The molecule has 0 fully saturated rings. The van der Waals surface area contributed by atoms with E-state index in [-0.39, 0.29) is 11.1 Å². The summed E-state index contributed by atoms with van der Waals surface area (Å²) in [5.41, 5.74) is 2.17.